The van der Waals surface area contributed by atoms with Crippen molar-refractivity contribution in [2.75, 3.05) is 30.3 Å². The van der Waals surface area contributed by atoms with Gasteiger partial charge in [0.2, 0.25) is 0 Å². The van der Waals surface area contributed by atoms with E-state index in [0.717, 1.165) is 36.0 Å². The molecule has 3 nitrogen and oxygen atoms in total. The van der Waals surface area contributed by atoms with Gasteiger partial charge in [-0.15, -0.1) is 0 Å². The molecular formula is C17H20ClN3. The Morgan fingerprint density at radius 3 is 2.67 bits per heavy atom. The Morgan fingerprint density at radius 1 is 1.19 bits per heavy atom. The smallest absolute Gasteiger partial charge is 0.0668 e. The summed E-state index contributed by atoms with van der Waals surface area (Å²) in [5, 5.41) is 4.23. The average Bonchev–Trinajstić information content (AvgIpc) is 2.48. The van der Waals surface area contributed by atoms with E-state index in [4.69, 9.17) is 17.3 Å². The second-order valence-electron chi connectivity index (χ2n) is 5.53. The molecule has 0 amide bonds. The number of rotatable bonds is 2. The van der Waals surface area contributed by atoms with E-state index in [1.165, 1.54) is 11.1 Å². The first-order chi connectivity index (χ1) is 10.1. The standard InChI is InChI=1S/C17H20ClN3/c1-12-2-7-16(15(19)10-12)21-9-8-20-11-17(21)13-3-5-14(18)6-4-13/h2-7,10,17,20H,8-9,11,19H2,1H3/t17-/m0/s1. The maximum Gasteiger partial charge on any atom is 0.0668 e. The molecule has 3 rings (SSSR count). The van der Waals surface area contributed by atoms with Gasteiger partial charge >= 0.3 is 0 Å². The number of anilines is 2. The number of benzene rings is 2. The van der Waals surface area contributed by atoms with E-state index >= 15 is 0 Å². The van der Waals surface area contributed by atoms with Crippen LogP contribution in [0, 0.1) is 6.92 Å². The molecule has 0 radical (unpaired) electrons. The summed E-state index contributed by atoms with van der Waals surface area (Å²) >= 11 is 6.00. The molecule has 0 bridgehead atoms. The van der Waals surface area contributed by atoms with Crippen LogP contribution in [0.15, 0.2) is 42.5 Å². The minimum Gasteiger partial charge on any atom is -0.397 e. The summed E-state index contributed by atoms with van der Waals surface area (Å²) in [6, 6.07) is 14.6. The highest BCUT2D eigenvalue weighted by Crippen LogP contribution is 2.33. The normalized spacial score (nSPS) is 18.8. The number of piperazine rings is 1. The van der Waals surface area contributed by atoms with Crippen LogP contribution < -0.4 is 16.0 Å². The number of aryl methyl sites for hydroxylation is 1. The first-order valence-corrected chi connectivity index (χ1v) is 7.62. The van der Waals surface area contributed by atoms with E-state index in [9.17, 15) is 0 Å². The second-order valence-corrected chi connectivity index (χ2v) is 5.96. The number of hydrogen-bond donors (Lipinski definition) is 2. The molecule has 1 heterocycles. The predicted octanol–water partition coefficient (Wildman–Crippen LogP) is 3.38. The Kier molecular flexibility index (Phi) is 4.04. The molecule has 1 fully saturated rings. The highest BCUT2D eigenvalue weighted by atomic mass is 35.5. The molecule has 0 unspecified atom stereocenters. The molecule has 1 saturated heterocycles. The summed E-state index contributed by atoms with van der Waals surface area (Å²) < 4.78 is 0. The lowest BCUT2D eigenvalue weighted by molar-refractivity contribution is 0.490. The predicted molar refractivity (Wildman–Crippen MR) is 90.0 cm³/mol. The molecule has 1 atom stereocenters. The number of halogens is 1. The Balaban J connectivity index is 1.96. The third-order valence-corrected chi connectivity index (χ3v) is 4.24. The number of nitrogens with two attached hydrogens (primary N) is 1. The molecule has 2 aromatic rings. The fourth-order valence-corrected chi connectivity index (χ4v) is 3.04. The number of nitrogens with zero attached hydrogens (tertiary/aromatic N) is 1. The third-order valence-electron chi connectivity index (χ3n) is 3.99. The summed E-state index contributed by atoms with van der Waals surface area (Å²) in [5.41, 5.74) is 10.6. The topological polar surface area (TPSA) is 41.3 Å². The Hall–Kier alpha value is -1.71. The Bertz CT molecular complexity index is 624. The average molecular weight is 302 g/mol. The minimum atomic E-state index is 0.279. The molecular weight excluding hydrogens is 282 g/mol. The van der Waals surface area contributed by atoms with E-state index in [2.05, 4.69) is 41.4 Å². The fourth-order valence-electron chi connectivity index (χ4n) is 2.91. The lowest BCUT2D eigenvalue weighted by atomic mass is 10.0. The molecule has 110 valence electrons. The maximum absolute atomic E-state index is 6.23. The summed E-state index contributed by atoms with van der Waals surface area (Å²) in [5.74, 6) is 0. The van der Waals surface area contributed by atoms with Crippen LogP contribution in [0.3, 0.4) is 0 Å². The van der Waals surface area contributed by atoms with Gasteiger partial charge in [0.05, 0.1) is 17.4 Å². The van der Waals surface area contributed by atoms with Crippen LogP contribution in [-0.4, -0.2) is 19.6 Å². The summed E-state index contributed by atoms with van der Waals surface area (Å²) in [6.07, 6.45) is 0. The highest BCUT2D eigenvalue weighted by Gasteiger charge is 2.25. The molecule has 1 aliphatic heterocycles. The molecule has 1 aliphatic rings. The van der Waals surface area contributed by atoms with Gasteiger partial charge in [0.1, 0.15) is 0 Å². The van der Waals surface area contributed by atoms with Gasteiger partial charge < -0.3 is 16.0 Å². The van der Waals surface area contributed by atoms with Crippen molar-refractivity contribution < 1.29 is 0 Å². The van der Waals surface area contributed by atoms with Gasteiger partial charge in [-0.05, 0) is 42.3 Å². The van der Waals surface area contributed by atoms with Crippen molar-refractivity contribution in [1.29, 1.82) is 0 Å². The molecule has 2 aromatic carbocycles. The van der Waals surface area contributed by atoms with E-state index in [1.54, 1.807) is 0 Å². The number of hydrogen-bond acceptors (Lipinski definition) is 3. The number of nitrogens with one attached hydrogen (secondary N) is 1. The minimum absolute atomic E-state index is 0.279. The van der Waals surface area contributed by atoms with E-state index in [0.29, 0.717) is 0 Å². The lowest BCUT2D eigenvalue weighted by Gasteiger charge is -2.39. The quantitative estimate of drug-likeness (QED) is 0.836. The van der Waals surface area contributed by atoms with Crippen LogP contribution in [0.4, 0.5) is 11.4 Å². The largest absolute Gasteiger partial charge is 0.397 e. The first-order valence-electron chi connectivity index (χ1n) is 7.24. The van der Waals surface area contributed by atoms with E-state index in [1.807, 2.05) is 18.2 Å². The zero-order chi connectivity index (χ0) is 14.8. The van der Waals surface area contributed by atoms with Crippen molar-refractivity contribution in [1.82, 2.24) is 5.32 Å². The van der Waals surface area contributed by atoms with Crippen molar-refractivity contribution in [3.05, 3.63) is 58.6 Å². The lowest BCUT2D eigenvalue weighted by Crippen LogP contribution is -2.46. The van der Waals surface area contributed by atoms with Crippen LogP contribution >= 0.6 is 11.6 Å². The van der Waals surface area contributed by atoms with E-state index in [-0.39, 0.29) is 6.04 Å². The SMILES string of the molecule is Cc1ccc(N2CCNC[C@H]2c2ccc(Cl)cc2)c(N)c1. The first kappa shape index (κ1) is 14.2. The van der Waals surface area contributed by atoms with Crippen LogP contribution in [0.2, 0.25) is 5.02 Å². The fraction of sp³-hybridized carbons (Fsp3) is 0.294. The highest BCUT2D eigenvalue weighted by molar-refractivity contribution is 6.30. The molecule has 0 saturated carbocycles. The zero-order valence-electron chi connectivity index (χ0n) is 12.1. The van der Waals surface area contributed by atoms with Crippen LogP contribution in [0.25, 0.3) is 0 Å². The van der Waals surface area contributed by atoms with Gasteiger partial charge in [0.15, 0.2) is 0 Å². The third kappa shape index (κ3) is 2.99. The molecule has 4 heteroatoms. The zero-order valence-corrected chi connectivity index (χ0v) is 12.9. The van der Waals surface area contributed by atoms with Gasteiger partial charge in [0.25, 0.3) is 0 Å². The van der Waals surface area contributed by atoms with Crippen molar-refractivity contribution >= 4 is 23.0 Å². The molecule has 3 N–H and O–H groups in total. The molecule has 0 aliphatic carbocycles. The van der Waals surface area contributed by atoms with Crippen molar-refractivity contribution in [2.45, 2.75) is 13.0 Å². The number of nitrogen functional groups attached to an aromatic ring is 1. The summed E-state index contributed by atoms with van der Waals surface area (Å²) in [6.45, 7) is 4.89. The van der Waals surface area contributed by atoms with Gasteiger partial charge in [-0.2, -0.15) is 0 Å². The monoisotopic (exact) mass is 301 g/mol. The van der Waals surface area contributed by atoms with Gasteiger partial charge in [0, 0.05) is 24.7 Å². The van der Waals surface area contributed by atoms with Crippen LogP contribution in [0.5, 0.6) is 0 Å². The Labute approximate surface area is 130 Å². The Morgan fingerprint density at radius 2 is 1.95 bits per heavy atom. The van der Waals surface area contributed by atoms with E-state index < -0.39 is 0 Å². The van der Waals surface area contributed by atoms with Crippen LogP contribution in [0.1, 0.15) is 17.2 Å². The molecule has 0 spiro atoms. The summed E-state index contributed by atoms with van der Waals surface area (Å²) in [4.78, 5) is 2.38. The van der Waals surface area contributed by atoms with Crippen molar-refractivity contribution in [3.8, 4) is 0 Å². The summed E-state index contributed by atoms with van der Waals surface area (Å²) in [7, 11) is 0. The molecule has 21 heavy (non-hydrogen) atoms. The van der Waals surface area contributed by atoms with Gasteiger partial charge in [-0.25, -0.2) is 0 Å². The second kappa shape index (κ2) is 5.96. The van der Waals surface area contributed by atoms with Crippen molar-refractivity contribution in [2.24, 2.45) is 0 Å². The maximum atomic E-state index is 6.23. The molecule has 0 aromatic heterocycles. The van der Waals surface area contributed by atoms with Crippen LogP contribution in [-0.2, 0) is 0 Å². The van der Waals surface area contributed by atoms with Crippen molar-refractivity contribution in [3.63, 3.8) is 0 Å². The van der Waals surface area contributed by atoms with Gasteiger partial charge in [-0.1, -0.05) is 29.8 Å². The van der Waals surface area contributed by atoms with Gasteiger partial charge in [-0.3, -0.25) is 0 Å².